The summed E-state index contributed by atoms with van der Waals surface area (Å²) in [6.07, 6.45) is 1.18. The average molecular weight is 660 g/mol. The predicted molar refractivity (Wildman–Crippen MR) is 179 cm³/mol. The highest BCUT2D eigenvalue weighted by molar-refractivity contribution is 8.00. The molecule has 0 aliphatic heterocycles. The van der Waals surface area contributed by atoms with Crippen LogP contribution < -0.4 is 14.4 Å². The average Bonchev–Trinajstić information content (AvgIpc) is 3.69. The maximum absolute atomic E-state index is 14.5. The third-order valence-corrected chi connectivity index (χ3v) is 8.59. The molecule has 0 bridgehead atoms. The zero-order valence-corrected chi connectivity index (χ0v) is 26.5. The van der Waals surface area contributed by atoms with Crippen LogP contribution in [-0.4, -0.2) is 60.8 Å². The first-order valence-corrected chi connectivity index (χ1v) is 15.9. The van der Waals surface area contributed by atoms with Gasteiger partial charge in [0, 0.05) is 42.5 Å². The highest BCUT2D eigenvalue weighted by Gasteiger charge is 2.26. The van der Waals surface area contributed by atoms with Crippen LogP contribution in [-0.2, 0) is 0 Å². The first kappa shape index (κ1) is 32.0. The van der Waals surface area contributed by atoms with Crippen LogP contribution in [0.3, 0.4) is 0 Å². The number of aromatic nitrogens is 1. The van der Waals surface area contributed by atoms with Gasteiger partial charge < -0.3 is 33.4 Å². The number of aliphatic hydroxyl groups is 2. The Kier molecular flexibility index (Phi) is 9.17. The first-order chi connectivity index (χ1) is 22.8. The molecule has 1 atom stereocenters. The summed E-state index contributed by atoms with van der Waals surface area (Å²) in [5.74, 6) is -0.481. The summed E-state index contributed by atoms with van der Waals surface area (Å²) in [7, 11) is 3.02. The molecule has 0 radical (unpaired) electrons. The number of carbonyl (C=O) groups is 1. The van der Waals surface area contributed by atoms with Gasteiger partial charge in [0.1, 0.15) is 28.4 Å². The van der Waals surface area contributed by atoms with Crippen molar-refractivity contribution in [2.24, 2.45) is 0 Å². The SMILES string of the molecule is CNC(=O)c1c(-c2ccc(F)cc2)oc2cc(N(CC(O)CCO)SC)c(-c3ccc(OC)c(-c4nc5c(F)cccc5o4)c3)cc12. The fraction of sp³-hybridized carbons (Fsp3) is 0.200. The fourth-order valence-electron chi connectivity index (χ4n) is 5.50. The lowest BCUT2D eigenvalue weighted by Gasteiger charge is -2.27. The molecular formula is C35H31F2N3O6S. The molecule has 2 aromatic heterocycles. The monoisotopic (exact) mass is 659 g/mol. The molecular weight excluding hydrogens is 628 g/mol. The topological polar surface area (TPSA) is 121 Å². The predicted octanol–water partition coefficient (Wildman–Crippen LogP) is 7.05. The normalized spacial score (nSPS) is 12.1. The van der Waals surface area contributed by atoms with Gasteiger partial charge in [0.25, 0.3) is 5.91 Å². The van der Waals surface area contributed by atoms with Crippen molar-refractivity contribution in [3.05, 3.63) is 90.0 Å². The molecule has 0 aliphatic rings. The van der Waals surface area contributed by atoms with Gasteiger partial charge in [0.15, 0.2) is 11.4 Å². The number of benzene rings is 4. The number of furan rings is 1. The molecule has 9 nitrogen and oxygen atoms in total. The quantitative estimate of drug-likeness (QED) is 0.126. The molecule has 47 heavy (non-hydrogen) atoms. The summed E-state index contributed by atoms with van der Waals surface area (Å²) >= 11 is 1.36. The minimum atomic E-state index is -0.843. The molecule has 6 rings (SSSR count). The Labute approximate surface area is 272 Å². The molecule has 12 heteroatoms. The van der Waals surface area contributed by atoms with E-state index in [2.05, 4.69) is 10.3 Å². The number of para-hydroxylation sites is 1. The van der Waals surface area contributed by atoms with E-state index in [1.165, 1.54) is 44.3 Å². The Morgan fingerprint density at radius 3 is 2.47 bits per heavy atom. The van der Waals surface area contributed by atoms with E-state index >= 15 is 0 Å². The number of anilines is 1. The number of oxazole rings is 1. The van der Waals surface area contributed by atoms with Crippen molar-refractivity contribution in [2.75, 3.05) is 37.9 Å². The zero-order chi connectivity index (χ0) is 33.2. The lowest BCUT2D eigenvalue weighted by molar-refractivity contribution is 0.0964. The minimum absolute atomic E-state index is 0.0884. The Morgan fingerprint density at radius 1 is 1.02 bits per heavy atom. The molecule has 3 N–H and O–H groups in total. The smallest absolute Gasteiger partial charge is 0.255 e. The number of hydrogen-bond acceptors (Lipinski definition) is 9. The van der Waals surface area contributed by atoms with Gasteiger partial charge in [0.05, 0.1) is 36.6 Å². The third kappa shape index (κ3) is 6.14. The van der Waals surface area contributed by atoms with Gasteiger partial charge in [-0.05, 0) is 66.6 Å². The molecule has 0 fully saturated rings. The van der Waals surface area contributed by atoms with Crippen molar-refractivity contribution < 1.29 is 37.4 Å². The maximum atomic E-state index is 14.5. The summed E-state index contributed by atoms with van der Waals surface area (Å²) < 4.78 is 48.1. The van der Waals surface area contributed by atoms with Gasteiger partial charge in [-0.25, -0.2) is 13.8 Å². The van der Waals surface area contributed by atoms with E-state index in [0.29, 0.717) is 44.7 Å². The van der Waals surface area contributed by atoms with Gasteiger partial charge in [-0.15, -0.1) is 0 Å². The van der Waals surface area contributed by atoms with Gasteiger partial charge in [0.2, 0.25) is 5.89 Å². The molecule has 0 spiro atoms. The van der Waals surface area contributed by atoms with Gasteiger partial charge >= 0.3 is 0 Å². The molecule has 4 aromatic carbocycles. The van der Waals surface area contributed by atoms with Crippen LogP contribution in [0.2, 0.25) is 0 Å². The highest BCUT2D eigenvalue weighted by atomic mass is 32.2. The van der Waals surface area contributed by atoms with Crippen molar-refractivity contribution >= 4 is 45.6 Å². The van der Waals surface area contributed by atoms with Crippen molar-refractivity contribution in [1.82, 2.24) is 10.3 Å². The third-order valence-electron chi connectivity index (χ3n) is 7.81. The van der Waals surface area contributed by atoms with Crippen molar-refractivity contribution in [3.63, 3.8) is 0 Å². The Bertz CT molecular complexity index is 2080. The van der Waals surface area contributed by atoms with Crippen LogP contribution in [0.4, 0.5) is 14.5 Å². The number of rotatable bonds is 11. The summed E-state index contributed by atoms with van der Waals surface area (Å²) in [6, 6.07) is 19.1. The van der Waals surface area contributed by atoms with Gasteiger partial charge in [-0.3, -0.25) is 4.79 Å². The summed E-state index contributed by atoms with van der Waals surface area (Å²) in [6.45, 7) is -0.0155. The molecule has 0 saturated heterocycles. The Balaban J connectivity index is 1.61. The number of carbonyl (C=O) groups excluding carboxylic acids is 1. The number of aliphatic hydroxyl groups excluding tert-OH is 2. The molecule has 1 amide bonds. The standard InChI is InChI=1S/C35H31F2N3O6S/c1-38-34(43)31-24-16-23(20-9-12-28(44-2)25(15-20)35-39-32-26(37)5-4-6-29(32)46-35)27(40(47-3)18-22(42)13-14-41)17-30(24)45-33(31)19-7-10-21(36)11-8-19/h4-12,15-17,22,41-42H,13-14,18H2,1-3H3,(H,38,43). The number of ether oxygens (including phenoxy) is 1. The van der Waals surface area contributed by atoms with Crippen LogP contribution in [0.1, 0.15) is 16.8 Å². The number of nitrogens with one attached hydrogen (secondary N) is 1. The second kappa shape index (κ2) is 13.4. The molecule has 0 saturated carbocycles. The second-order valence-electron chi connectivity index (χ2n) is 10.7. The number of halogens is 2. The van der Waals surface area contributed by atoms with E-state index in [-0.39, 0.29) is 47.9 Å². The minimum Gasteiger partial charge on any atom is -0.496 e. The number of fused-ring (bicyclic) bond motifs is 2. The number of methoxy groups -OCH3 is 1. The van der Waals surface area contributed by atoms with E-state index in [1.54, 1.807) is 42.5 Å². The number of nitrogens with zero attached hydrogens (tertiary/aromatic N) is 2. The van der Waals surface area contributed by atoms with Gasteiger partial charge in [-0.2, -0.15) is 0 Å². The molecule has 1 unspecified atom stereocenters. The van der Waals surface area contributed by atoms with Crippen LogP contribution in [0.15, 0.2) is 81.6 Å². The van der Waals surface area contributed by atoms with E-state index in [1.807, 2.05) is 22.7 Å². The summed E-state index contributed by atoms with van der Waals surface area (Å²) in [4.78, 5) is 17.8. The van der Waals surface area contributed by atoms with E-state index in [9.17, 15) is 23.8 Å². The van der Waals surface area contributed by atoms with E-state index in [0.717, 1.165) is 0 Å². The van der Waals surface area contributed by atoms with Crippen molar-refractivity contribution in [1.29, 1.82) is 0 Å². The van der Waals surface area contributed by atoms with E-state index < -0.39 is 23.6 Å². The maximum Gasteiger partial charge on any atom is 0.255 e. The van der Waals surface area contributed by atoms with Crippen LogP contribution >= 0.6 is 11.9 Å². The molecule has 2 heterocycles. The fourth-order valence-corrected chi connectivity index (χ4v) is 6.17. The van der Waals surface area contributed by atoms with Crippen LogP contribution in [0.25, 0.3) is 56.0 Å². The van der Waals surface area contributed by atoms with Crippen LogP contribution in [0, 0.1) is 11.6 Å². The highest BCUT2D eigenvalue weighted by Crippen LogP contribution is 2.44. The first-order valence-electron chi connectivity index (χ1n) is 14.7. The van der Waals surface area contributed by atoms with Crippen molar-refractivity contribution in [3.8, 4) is 39.7 Å². The van der Waals surface area contributed by atoms with E-state index in [4.69, 9.17) is 13.6 Å². The Morgan fingerprint density at radius 2 is 1.79 bits per heavy atom. The largest absolute Gasteiger partial charge is 0.496 e. The number of amides is 1. The van der Waals surface area contributed by atoms with Crippen molar-refractivity contribution in [2.45, 2.75) is 12.5 Å². The molecule has 6 aromatic rings. The lowest BCUT2D eigenvalue weighted by Crippen LogP contribution is -2.28. The van der Waals surface area contributed by atoms with Crippen LogP contribution in [0.5, 0.6) is 5.75 Å². The van der Waals surface area contributed by atoms with Gasteiger partial charge in [-0.1, -0.05) is 24.1 Å². The summed E-state index contributed by atoms with van der Waals surface area (Å²) in [5.41, 5.74) is 3.97. The second-order valence-corrected chi connectivity index (χ2v) is 11.5. The lowest BCUT2D eigenvalue weighted by atomic mass is 9.96. The number of hydrogen-bond donors (Lipinski definition) is 3. The Hall–Kier alpha value is -4.91. The molecule has 242 valence electrons. The molecule has 0 aliphatic carbocycles. The summed E-state index contributed by atoms with van der Waals surface area (Å²) in [5, 5.41) is 23.3. The zero-order valence-electron chi connectivity index (χ0n) is 25.7.